The lowest BCUT2D eigenvalue weighted by molar-refractivity contribution is -0.193. The first kappa shape index (κ1) is 33.0. The number of carbonyl (C=O) groups excluding carboxylic acids is 1. The summed E-state index contributed by atoms with van der Waals surface area (Å²) in [5.41, 5.74) is 1.05. The van der Waals surface area contributed by atoms with Crippen LogP contribution in [-0.4, -0.2) is 107 Å². The summed E-state index contributed by atoms with van der Waals surface area (Å²) in [7, 11) is 3.49. The highest BCUT2D eigenvalue weighted by atomic mass is 19.4. The molecule has 3 rings (SSSR count). The van der Waals surface area contributed by atoms with Crippen LogP contribution in [0.3, 0.4) is 0 Å². The summed E-state index contributed by atoms with van der Waals surface area (Å²) in [6.45, 7) is 3.66. The summed E-state index contributed by atoms with van der Waals surface area (Å²) in [5.74, 6) is -5.51. The molecule has 1 amide bonds. The second kappa shape index (κ2) is 14.2. The molecule has 38 heavy (non-hydrogen) atoms. The molecule has 2 aliphatic heterocycles. The molecule has 2 fully saturated rings. The number of carbonyl (C=O) groups is 3. The van der Waals surface area contributed by atoms with E-state index >= 15 is 0 Å². The maximum absolute atomic E-state index is 11.6. The van der Waals surface area contributed by atoms with E-state index in [1.807, 2.05) is 18.3 Å². The van der Waals surface area contributed by atoms with Crippen molar-refractivity contribution in [2.45, 2.75) is 49.9 Å². The maximum Gasteiger partial charge on any atom is 0.490 e. The second-order valence-corrected chi connectivity index (χ2v) is 8.62. The molecule has 2 aliphatic rings. The number of likely N-dealkylation sites (tertiary alicyclic amines) is 1. The van der Waals surface area contributed by atoms with Gasteiger partial charge in [-0.05, 0) is 25.0 Å². The van der Waals surface area contributed by atoms with Gasteiger partial charge in [-0.2, -0.15) is 26.3 Å². The fraction of sp³-hybridized carbons (Fsp3) is 0.636. The van der Waals surface area contributed by atoms with Crippen LogP contribution in [0.2, 0.25) is 0 Å². The van der Waals surface area contributed by atoms with Gasteiger partial charge in [0, 0.05) is 46.3 Å². The Morgan fingerprint density at radius 1 is 1.08 bits per heavy atom. The van der Waals surface area contributed by atoms with Gasteiger partial charge in [0.2, 0.25) is 5.91 Å². The lowest BCUT2D eigenvalue weighted by Crippen LogP contribution is -2.44. The smallest absolute Gasteiger partial charge is 0.475 e. The standard InChI is InChI=1S/C18H27N3O3.2C2HF3O2/c1-20(2)17(22)14-23-16-11-18(24-13-16)6-9-21(10-7-18)12-15-5-3-4-8-19-15;2*3-2(4,5)1(6)7/h3-5,8,16H,6-7,9-14H2,1-2H3;2*(H,6,7). The summed E-state index contributed by atoms with van der Waals surface area (Å²) < 4.78 is 75.3. The number of aliphatic carboxylic acids is 2. The molecule has 0 saturated carbocycles. The third kappa shape index (κ3) is 12.0. The molecule has 2 saturated heterocycles. The quantitative estimate of drug-likeness (QED) is 0.521. The van der Waals surface area contributed by atoms with Crippen molar-refractivity contribution in [2.24, 2.45) is 0 Å². The number of carboxylic acid groups (broad SMARTS) is 2. The fourth-order valence-corrected chi connectivity index (χ4v) is 3.42. The molecule has 1 aromatic rings. The van der Waals surface area contributed by atoms with Gasteiger partial charge in [0.25, 0.3) is 0 Å². The van der Waals surface area contributed by atoms with E-state index in [9.17, 15) is 31.1 Å². The molecule has 0 radical (unpaired) electrons. The Morgan fingerprint density at radius 2 is 1.61 bits per heavy atom. The molecule has 0 aromatic carbocycles. The van der Waals surface area contributed by atoms with Crippen molar-refractivity contribution in [1.29, 1.82) is 0 Å². The van der Waals surface area contributed by atoms with Gasteiger partial charge in [-0.15, -0.1) is 0 Å². The number of aromatic nitrogens is 1. The molecule has 0 aliphatic carbocycles. The van der Waals surface area contributed by atoms with Crippen LogP contribution in [0.15, 0.2) is 24.4 Å². The summed E-state index contributed by atoms with van der Waals surface area (Å²) in [6, 6.07) is 6.05. The number of ether oxygens (including phenoxy) is 2. The molecule has 10 nitrogen and oxygen atoms in total. The summed E-state index contributed by atoms with van der Waals surface area (Å²) in [4.78, 5) is 37.8. The van der Waals surface area contributed by atoms with Crippen LogP contribution in [-0.2, 0) is 30.4 Å². The monoisotopic (exact) mass is 561 g/mol. The average Bonchev–Trinajstić information content (AvgIpc) is 3.22. The van der Waals surface area contributed by atoms with E-state index in [1.54, 1.807) is 19.0 Å². The van der Waals surface area contributed by atoms with Crippen LogP contribution in [0.4, 0.5) is 26.3 Å². The molecule has 0 bridgehead atoms. The number of halogens is 6. The number of amides is 1. The van der Waals surface area contributed by atoms with Gasteiger partial charge >= 0.3 is 24.3 Å². The zero-order valence-electron chi connectivity index (χ0n) is 20.6. The van der Waals surface area contributed by atoms with Crippen molar-refractivity contribution in [3.05, 3.63) is 30.1 Å². The van der Waals surface area contributed by atoms with Gasteiger partial charge in [-0.1, -0.05) is 6.07 Å². The number of pyridine rings is 1. The Morgan fingerprint density at radius 3 is 2.03 bits per heavy atom. The van der Waals surface area contributed by atoms with Crippen LogP contribution < -0.4 is 0 Å². The number of rotatable bonds is 5. The van der Waals surface area contributed by atoms with Crippen LogP contribution in [0.5, 0.6) is 0 Å². The Kier molecular flexibility index (Phi) is 12.4. The lowest BCUT2D eigenvalue weighted by Gasteiger charge is -2.38. The minimum absolute atomic E-state index is 0.00105. The topological polar surface area (TPSA) is 130 Å². The van der Waals surface area contributed by atoms with E-state index in [0.29, 0.717) is 6.61 Å². The molecular weight excluding hydrogens is 532 g/mol. The zero-order chi connectivity index (χ0) is 29.1. The fourth-order valence-electron chi connectivity index (χ4n) is 3.42. The van der Waals surface area contributed by atoms with Crippen molar-refractivity contribution in [2.75, 3.05) is 40.4 Å². The van der Waals surface area contributed by atoms with Crippen LogP contribution in [0, 0.1) is 0 Å². The number of carboxylic acids is 2. The SMILES string of the molecule is CN(C)C(=O)COC1COC2(CCN(Cc3ccccn3)CC2)C1.O=C(O)C(F)(F)F.O=C(O)C(F)(F)F. The van der Waals surface area contributed by atoms with E-state index in [2.05, 4.69) is 16.0 Å². The predicted octanol–water partition coefficient (Wildman–Crippen LogP) is 2.58. The number of likely N-dealkylation sites (N-methyl/N-ethyl adjacent to an activating group) is 1. The van der Waals surface area contributed by atoms with E-state index in [-0.39, 0.29) is 24.2 Å². The molecular formula is C22H29F6N3O7. The Bertz CT molecular complexity index is 881. The zero-order valence-corrected chi connectivity index (χ0v) is 20.6. The van der Waals surface area contributed by atoms with Gasteiger partial charge in [0.15, 0.2) is 0 Å². The molecule has 216 valence electrons. The molecule has 1 aromatic heterocycles. The Hall–Kier alpha value is -2.98. The van der Waals surface area contributed by atoms with Crippen LogP contribution in [0.1, 0.15) is 25.0 Å². The number of piperidine rings is 1. The highest BCUT2D eigenvalue weighted by Gasteiger charge is 2.43. The van der Waals surface area contributed by atoms with E-state index < -0.39 is 24.3 Å². The number of alkyl halides is 6. The second-order valence-electron chi connectivity index (χ2n) is 8.62. The van der Waals surface area contributed by atoms with E-state index in [1.165, 1.54) is 0 Å². The van der Waals surface area contributed by atoms with Gasteiger partial charge in [0.1, 0.15) is 6.61 Å². The van der Waals surface area contributed by atoms with Gasteiger partial charge in [0.05, 0.1) is 24.0 Å². The maximum atomic E-state index is 11.6. The first-order chi connectivity index (χ1) is 17.4. The van der Waals surface area contributed by atoms with Crippen molar-refractivity contribution in [3.63, 3.8) is 0 Å². The molecule has 1 unspecified atom stereocenters. The number of hydrogen-bond donors (Lipinski definition) is 2. The van der Waals surface area contributed by atoms with Crippen molar-refractivity contribution >= 4 is 17.8 Å². The van der Waals surface area contributed by atoms with Crippen LogP contribution in [0.25, 0.3) is 0 Å². The third-order valence-corrected chi connectivity index (χ3v) is 5.48. The first-order valence-electron chi connectivity index (χ1n) is 11.1. The van der Waals surface area contributed by atoms with Gasteiger partial charge < -0.3 is 24.6 Å². The molecule has 16 heteroatoms. The lowest BCUT2D eigenvalue weighted by atomic mass is 9.88. The number of hydrogen-bond acceptors (Lipinski definition) is 7. The molecule has 2 N–H and O–H groups in total. The summed E-state index contributed by atoms with van der Waals surface area (Å²) in [6.07, 6.45) is -5.36. The van der Waals surface area contributed by atoms with Crippen molar-refractivity contribution in [3.8, 4) is 0 Å². The minimum Gasteiger partial charge on any atom is -0.475 e. The van der Waals surface area contributed by atoms with Crippen LogP contribution >= 0.6 is 0 Å². The Balaban J connectivity index is 0.000000426. The van der Waals surface area contributed by atoms with E-state index in [4.69, 9.17) is 29.3 Å². The Labute approximate surface area is 214 Å². The van der Waals surface area contributed by atoms with Crippen molar-refractivity contribution < 1.29 is 60.4 Å². The minimum atomic E-state index is -5.08. The van der Waals surface area contributed by atoms with E-state index in [0.717, 1.165) is 44.6 Å². The molecule has 3 heterocycles. The van der Waals surface area contributed by atoms with Gasteiger partial charge in [-0.3, -0.25) is 14.7 Å². The average molecular weight is 561 g/mol. The third-order valence-electron chi connectivity index (χ3n) is 5.48. The highest BCUT2D eigenvalue weighted by Crippen LogP contribution is 2.37. The highest BCUT2D eigenvalue weighted by molar-refractivity contribution is 5.76. The molecule has 1 spiro atoms. The normalized spacial score (nSPS) is 19.0. The largest absolute Gasteiger partial charge is 0.490 e. The summed E-state index contributed by atoms with van der Waals surface area (Å²) in [5, 5.41) is 14.2. The summed E-state index contributed by atoms with van der Waals surface area (Å²) >= 11 is 0. The van der Waals surface area contributed by atoms with Crippen molar-refractivity contribution in [1.82, 2.24) is 14.8 Å². The molecule has 1 atom stereocenters. The first-order valence-corrected chi connectivity index (χ1v) is 11.1. The predicted molar refractivity (Wildman–Crippen MR) is 118 cm³/mol. The number of nitrogens with zero attached hydrogens (tertiary/aromatic N) is 3. The van der Waals surface area contributed by atoms with Gasteiger partial charge in [-0.25, -0.2) is 9.59 Å².